The fourth-order valence-electron chi connectivity index (χ4n) is 2.17. The van der Waals surface area contributed by atoms with Crippen LogP contribution in [0.1, 0.15) is 23.7 Å². The third kappa shape index (κ3) is 6.79. The maximum atomic E-state index is 11.9. The average Bonchev–Trinajstić information content (AvgIpc) is 2.70. The Bertz CT molecular complexity index is 804. The van der Waals surface area contributed by atoms with Crippen molar-refractivity contribution in [2.24, 2.45) is 0 Å². The van der Waals surface area contributed by atoms with Gasteiger partial charge in [0.1, 0.15) is 5.75 Å². The summed E-state index contributed by atoms with van der Waals surface area (Å²) in [7, 11) is 0. The van der Waals surface area contributed by atoms with Crippen LogP contribution in [0.15, 0.2) is 53.4 Å². The Morgan fingerprint density at radius 1 is 1.04 bits per heavy atom. The van der Waals surface area contributed by atoms with E-state index in [0.29, 0.717) is 23.4 Å². The molecule has 0 bridgehead atoms. The van der Waals surface area contributed by atoms with E-state index in [1.807, 2.05) is 24.5 Å². The van der Waals surface area contributed by atoms with Gasteiger partial charge in [-0.3, -0.25) is 9.59 Å². The van der Waals surface area contributed by atoms with Gasteiger partial charge < -0.3 is 14.8 Å². The van der Waals surface area contributed by atoms with Crippen molar-refractivity contribution in [3.8, 4) is 5.75 Å². The molecule has 0 fully saturated rings. The van der Waals surface area contributed by atoms with Crippen LogP contribution in [0.3, 0.4) is 0 Å². The van der Waals surface area contributed by atoms with E-state index in [4.69, 9.17) is 9.47 Å². The molecule has 0 saturated heterocycles. The van der Waals surface area contributed by atoms with Crippen molar-refractivity contribution in [1.82, 2.24) is 0 Å². The first-order chi connectivity index (χ1) is 13.0. The molecule has 7 heteroatoms. The molecular weight excluding hydrogens is 366 g/mol. The van der Waals surface area contributed by atoms with Gasteiger partial charge in [-0.1, -0.05) is 13.0 Å². The molecular formula is C20H21NO5S. The normalized spacial score (nSPS) is 10.1. The van der Waals surface area contributed by atoms with Crippen molar-refractivity contribution < 1.29 is 23.9 Å². The Morgan fingerprint density at radius 2 is 1.78 bits per heavy atom. The van der Waals surface area contributed by atoms with E-state index in [2.05, 4.69) is 5.32 Å². The van der Waals surface area contributed by atoms with Gasteiger partial charge in [-0.25, -0.2) is 4.79 Å². The summed E-state index contributed by atoms with van der Waals surface area (Å²) in [6, 6.07) is 13.9. The third-order valence-corrected chi connectivity index (χ3v) is 4.30. The van der Waals surface area contributed by atoms with Crippen LogP contribution in [0.5, 0.6) is 5.75 Å². The van der Waals surface area contributed by atoms with Gasteiger partial charge in [0.15, 0.2) is 19.0 Å². The smallest absolute Gasteiger partial charge is 0.344 e. The lowest BCUT2D eigenvalue weighted by Gasteiger charge is -2.09. The molecule has 2 aromatic carbocycles. The highest BCUT2D eigenvalue weighted by Gasteiger charge is 2.10. The fraction of sp³-hybridized carbons (Fsp3) is 0.250. The minimum absolute atomic E-state index is 0.0371. The molecule has 0 aromatic heterocycles. The molecule has 0 unspecified atom stereocenters. The highest BCUT2D eigenvalue weighted by Crippen LogP contribution is 2.18. The summed E-state index contributed by atoms with van der Waals surface area (Å²) < 4.78 is 10.2. The number of esters is 1. The number of ketones is 1. The minimum atomic E-state index is -0.656. The van der Waals surface area contributed by atoms with E-state index in [1.165, 1.54) is 0 Å². The number of nitrogens with one attached hydrogen (secondary N) is 1. The predicted molar refractivity (Wildman–Crippen MR) is 104 cm³/mol. The first-order valence-corrected chi connectivity index (χ1v) is 9.60. The van der Waals surface area contributed by atoms with Crippen LogP contribution in [0.25, 0.3) is 0 Å². The first kappa shape index (κ1) is 20.5. The predicted octanol–water partition coefficient (Wildman–Crippen LogP) is 3.56. The quantitative estimate of drug-likeness (QED) is 0.402. The monoisotopic (exact) mass is 387 g/mol. The SMILES string of the molecule is CCC(=O)c1ccc(OCC(=O)OCC(=O)Nc2cccc(SC)c2)cc1. The highest BCUT2D eigenvalue weighted by molar-refractivity contribution is 7.98. The van der Waals surface area contributed by atoms with Crippen molar-refractivity contribution in [3.63, 3.8) is 0 Å². The number of carbonyl (C=O) groups is 3. The molecule has 142 valence electrons. The molecule has 0 aliphatic heterocycles. The van der Waals surface area contributed by atoms with Crippen molar-refractivity contribution in [2.45, 2.75) is 18.2 Å². The van der Waals surface area contributed by atoms with E-state index < -0.39 is 18.5 Å². The van der Waals surface area contributed by atoms with Gasteiger partial charge in [-0.15, -0.1) is 11.8 Å². The Balaban J connectivity index is 1.73. The Labute approximate surface area is 162 Å². The van der Waals surface area contributed by atoms with Gasteiger partial charge in [0.2, 0.25) is 0 Å². The second kappa shape index (κ2) is 10.4. The molecule has 6 nitrogen and oxygen atoms in total. The summed E-state index contributed by atoms with van der Waals surface area (Å²) in [5.41, 5.74) is 1.23. The van der Waals surface area contributed by atoms with Crippen LogP contribution >= 0.6 is 11.8 Å². The number of thioether (sulfide) groups is 1. The lowest BCUT2D eigenvalue weighted by molar-refractivity contribution is -0.149. The van der Waals surface area contributed by atoms with E-state index >= 15 is 0 Å². The fourth-order valence-corrected chi connectivity index (χ4v) is 2.63. The highest BCUT2D eigenvalue weighted by atomic mass is 32.2. The number of amides is 1. The van der Waals surface area contributed by atoms with Crippen LogP contribution in [0.2, 0.25) is 0 Å². The maximum Gasteiger partial charge on any atom is 0.344 e. The minimum Gasteiger partial charge on any atom is -0.482 e. The van der Waals surface area contributed by atoms with Crippen molar-refractivity contribution in [1.29, 1.82) is 0 Å². The van der Waals surface area contributed by atoms with Crippen LogP contribution in [0, 0.1) is 0 Å². The van der Waals surface area contributed by atoms with Crippen LogP contribution in [-0.2, 0) is 14.3 Å². The van der Waals surface area contributed by atoms with Gasteiger partial charge in [-0.2, -0.15) is 0 Å². The Kier molecular flexibility index (Phi) is 7.88. The van der Waals surface area contributed by atoms with Gasteiger partial charge in [0, 0.05) is 22.6 Å². The van der Waals surface area contributed by atoms with Gasteiger partial charge >= 0.3 is 5.97 Å². The number of rotatable bonds is 9. The molecule has 0 atom stereocenters. The number of hydrogen-bond acceptors (Lipinski definition) is 6. The summed E-state index contributed by atoms with van der Waals surface area (Å²) in [4.78, 5) is 36.1. The van der Waals surface area contributed by atoms with Gasteiger partial charge in [0.25, 0.3) is 5.91 Å². The van der Waals surface area contributed by atoms with Crippen LogP contribution in [-0.4, -0.2) is 37.1 Å². The van der Waals surface area contributed by atoms with Crippen molar-refractivity contribution in [2.75, 3.05) is 24.8 Å². The number of hydrogen-bond donors (Lipinski definition) is 1. The Morgan fingerprint density at radius 3 is 2.44 bits per heavy atom. The van der Waals surface area contributed by atoms with Crippen molar-refractivity contribution >= 4 is 35.1 Å². The summed E-state index contributed by atoms with van der Waals surface area (Å²) in [5.74, 6) is -0.603. The molecule has 0 saturated carbocycles. The van der Waals surface area contributed by atoms with Gasteiger partial charge in [0.05, 0.1) is 0 Å². The second-order valence-corrected chi connectivity index (χ2v) is 6.41. The molecule has 0 radical (unpaired) electrons. The second-order valence-electron chi connectivity index (χ2n) is 5.53. The van der Waals surface area contributed by atoms with E-state index in [1.54, 1.807) is 49.0 Å². The zero-order chi connectivity index (χ0) is 19.6. The standard InChI is InChI=1S/C20H21NO5S/c1-3-18(22)14-7-9-16(10-8-14)25-13-20(24)26-12-19(23)21-15-5-4-6-17(11-15)27-2/h4-11H,3,12-13H2,1-2H3,(H,21,23). The number of benzene rings is 2. The number of Topliss-reactive ketones (excluding diaryl/α,β-unsaturated/α-hetero) is 1. The van der Waals surface area contributed by atoms with E-state index in [9.17, 15) is 14.4 Å². The molecule has 27 heavy (non-hydrogen) atoms. The number of anilines is 1. The largest absolute Gasteiger partial charge is 0.482 e. The van der Waals surface area contributed by atoms with Crippen molar-refractivity contribution in [3.05, 3.63) is 54.1 Å². The number of carbonyl (C=O) groups excluding carboxylic acids is 3. The summed E-state index contributed by atoms with van der Waals surface area (Å²) in [5, 5.41) is 2.67. The summed E-state index contributed by atoms with van der Waals surface area (Å²) in [6.07, 6.45) is 2.37. The summed E-state index contributed by atoms with van der Waals surface area (Å²) in [6.45, 7) is 1.07. The molecule has 0 aliphatic carbocycles. The molecule has 0 spiro atoms. The Hall–Kier alpha value is -2.80. The maximum absolute atomic E-state index is 11.9. The zero-order valence-corrected chi connectivity index (χ0v) is 16.0. The molecule has 0 heterocycles. The summed E-state index contributed by atoms with van der Waals surface area (Å²) >= 11 is 1.56. The average molecular weight is 387 g/mol. The third-order valence-electron chi connectivity index (χ3n) is 3.57. The lowest BCUT2D eigenvalue weighted by Crippen LogP contribution is -2.23. The molecule has 1 amide bonds. The van der Waals surface area contributed by atoms with Crippen LogP contribution in [0.4, 0.5) is 5.69 Å². The molecule has 0 aliphatic rings. The molecule has 1 N–H and O–H groups in total. The van der Waals surface area contributed by atoms with E-state index in [-0.39, 0.29) is 12.4 Å². The zero-order valence-electron chi connectivity index (χ0n) is 15.2. The molecule has 2 rings (SSSR count). The van der Waals surface area contributed by atoms with Gasteiger partial charge in [-0.05, 0) is 48.7 Å². The molecule has 2 aromatic rings. The van der Waals surface area contributed by atoms with Crippen LogP contribution < -0.4 is 10.1 Å². The first-order valence-electron chi connectivity index (χ1n) is 8.37. The lowest BCUT2D eigenvalue weighted by atomic mass is 10.1. The topological polar surface area (TPSA) is 81.7 Å². The van der Waals surface area contributed by atoms with E-state index in [0.717, 1.165) is 4.90 Å². The number of ether oxygens (including phenoxy) is 2.